The van der Waals surface area contributed by atoms with Gasteiger partial charge in [-0.15, -0.1) is 0 Å². The molecule has 1 aliphatic heterocycles. The van der Waals surface area contributed by atoms with Gasteiger partial charge in [0.05, 0.1) is 19.3 Å². The van der Waals surface area contributed by atoms with Crippen LogP contribution in [0.3, 0.4) is 0 Å². The van der Waals surface area contributed by atoms with Crippen LogP contribution in [0, 0.1) is 5.92 Å². The van der Waals surface area contributed by atoms with Crippen LogP contribution in [0.4, 0.5) is 0 Å². The molecular weight excluding hydrogens is 114 g/mol. The molecule has 1 aliphatic carbocycles. The van der Waals surface area contributed by atoms with Crippen molar-refractivity contribution in [2.24, 2.45) is 5.92 Å². The molecule has 0 aromatic heterocycles. The summed E-state index contributed by atoms with van der Waals surface area (Å²) in [7, 11) is 0. The van der Waals surface area contributed by atoms with E-state index in [0.29, 0.717) is 6.04 Å². The molecule has 1 saturated heterocycles. The van der Waals surface area contributed by atoms with E-state index >= 15 is 0 Å². The van der Waals surface area contributed by atoms with Crippen molar-refractivity contribution in [2.75, 3.05) is 13.2 Å². The summed E-state index contributed by atoms with van der Waals surface area (Å²) in [6.07, 6.45) is 1.37. The summed E-state index contributed by atoms with van der Waals surface area (Å²) in [4.78, 5) is 0. The van der Waals surface area contributed by atoms with Crippen molar-refractivity contribution in [3.05, 3.63) is 0 Å². The van der Waals surface area contributed by atoms with E-state index in [1.54, 1.807) is 0 Å². The maximum atomic E-state index is 5.04. The van der Waals surface area contributed by atoms with Gasteiger partial charge in [-0.05, 0) is 12.3 Å². The first kappa shape index (κ1) is 5.69. The van der Waals surface area contributed by atoms with E-state index < -0.39 is 0 Å². The first-order valence-electron chi connectivity index (χ1n) is 3.70. The monoisotopic (exact) mass is 127 g/mol. The molecule has 2 rings (SSSR count). The van der Waals surface area contributed by atoms with Crippen molar-refractivity contribution in [1.82, 2.24) is 5.32 Å². The number of rotatable bonds is 2. The molecule has 1 heterocycles. The molecule has 2 heteroatoms. The standard InChI is InChI=1S/C7H13NO/c1-5-2-7(5)8-6-3-9-4-6/h5-8H,2-4H2,1H3/t5-,7-/m1/s1. The van der Waals surface area contributed by atoms with Crippen LogP contribution >= 0.6 is 0 Å². The van der Waals surface area contributed by atoms with Crippen LogP contribution in [0.15, 0.2) is 0 Å². The Morgan fingerprint density at radius 2 is 2.11 bits per heavy atom. The van der Waals surface area contributed by atoms with E-state index in [0.717, 1.165) is 25.2 Å². The summed E-state index contributed by atoms with van der Waals surface area (Å²) in [5, 5.41) is 3.52. The minimum atomic E-state index is 0.681. The van der Waals surface area contributed by atoms with Gasteiger partial charge in [0.15, 0.2) is 0 Å². The second-order valence-corrected chi connectivity index (χ2v) is 3.22. The second-order valence-electron chi connectivity index (χ2n) is 3.22. The summed E-state index contributed by atoms with van der Waals surface area (Å²) in [5.74, 6) is 0.922. The van der Waals surface area contributed by atoms with Gasteiger partial charge in [-0.1, -0.05) is 6.92 Å². The zero-order valence-corrected chi connectivity index (χ0v) is 5.76. The molecule has 2 atom stereocenters. The van der Waals surface area contributed by atoms with Crippen LogP contribution in [-0.4, -0.2) is 25.3 Å². The summed E-state index contributed by atoms with van der Waals surface area (Å²) in [6.45, 7) is 4.16. The number of ether oxygens (including phenoxy) is 1. The van der Waals surface area contributed by atoms with Gasteiger partial charge in [0.25, 0.3) is 0 Å². The molecule has 1 N–H and O–H groups in total. The van der Waals surface area contributed by atoms with Crippen LogP contribution in [0.1, 0.15) is 13.3 Å². The first-order valence-corrected chi connectivity index (χ1v) is 3.70. The van der Waals surface area contributed by atoms with Gasteiger partial charge in [0.2, 0.25) is 0 Å². The first-order chi connectivity index (χ1) is 4.36. The molecule has 0 unspecified atom stereocenters. The highest BCUT2D eigenvalue weighted by molar-refractivity contribution is 4.93. The third kappa shape index (κ3) is 1.10. The van der Waals surface area contributed by atoms with Crippen LogP contribution in [-0.2, 0) is 4.74 Å². The van der Waals surface area contributed by atoms with Gasteiger partial charge < -0.3 is 10.1 Å². The summed E-state index contributed by atoms with van der Waals surface area (Å²) < 4.78 is 5.04. The SMILES string of the molecule is C[C@@H]1C[C@H]1NC1COC1. The van der Waals surface area contributed by atoms with E-state index in [4.69, 9.17) is 4.74 Å². The van der Waals surface area contributed by atoms with E-state index in [1.807, 2.05) is 0 Å². The van der Waals surface area contributed by atoms with Crippen molar-refractivity contribution >= 4 is 0 Å². The van der Waals surface area contributed by atoms with Gasteiger partial charge >= 0.3 is 0 Å². The fourth-order valence-corrected chi connectivity index (χ4v) is 1.19. The Morgan fingerprint density at radius 3 is 2.44 bits per heavy atom. The summed E-state index contributed by atoms with van der Waals surface area (Å²) >= 11 is 0. The Balaban J connectivity index is 1.66. The summed E-state index contributed by atoms with van der Waals surface area (Å²) in [5.41, 5.74) is 0. The second kappa shape index (κ2) is 1.96. The van der Waals surface area contributed by atoms with Crippen LogP contribution in [0.5, 0.6) is 0 Å². The minimum Gasteiger partial charge on any atom is -0.378 e. The maximum Gasteiger partial charge on any atom is 0.0643 e. The smallest absolute Gasteiger partial charge is 0.0643 e. The molecule has 0 bridgehead atoms. The predicted octanol–water partition coefficient (Wildman–Crippen LogP) is 0.383. The third-order valence-corrected chi connectivity index (χ3v) is 2.20. The molecule has 2 fully saturated rings. The quantitative estimate of drug-likeness (QED) is 0.579. The van der Waals surface area contributed by atoms with Gasteiger partial charge in [-0.25, -0.2) is 0 Å². The lowest BCUT2D eigenvalue weighted by molar-refractivity contribution is -0.00629. The van der Waals surface area contributed by atoms with E-state index in [-0.39, 0.29) is 0 Å². The molecule has 1 saturated carbocycles. The number of hydrogen-bond acceptors (Lipinski definition) is 2. The average molecular weight is 127 g/mol. The lowest BCUT2D eigenvalue weighted by Gasteiger charge is -2.27. The van der Waals surface area contributed by atoms with Crippen LogP contribution < -0.4 is 5.32 Å². The Kier molecular flexibility index (Phi) is 1.24. The van der Waals surface area contributed by atoms with Crippen molar-refractivity contribution in [3.63, 3.8) is 0 Å². The normalized spacial score (nSPS) is 42.3. The highest BCUT2D eigenvalue weighted by Crippen LogP contribution is 2.29. The highest BCUT2D eigenvalue weighted by Gasteiger charge is 2.35. The fourth-order valence-electron chi connectivity index (χ4n) is 1.19. The zero-order valence-electron chi connectivity index (χ0n) is 5.76. The molecule has 2 nitrogen and oxygen atoms in total. The van der Waals surface area contributed by atoms with Crippen LogP contribution in [0.2, 0.25) is 0 Å². The fraction of sp³-hybridized carbons (Fsp3) is 1.00. The van der Waals surface area contributed by atoms with Gasteiger partial charge in [-0.2, -0.15) is 0 Å². The van der Waals surface area contributed by atoms with E-state index in [1.165, 1.54) is 6.42 Å². The topological polar surface area (TPSA) is 21.3 Å². The summed E-state index contributed by atoms with van der Waals surface area (Å²) in [6, 6.07) is 1.50. The van der Waals surface area contributed by atoms with Crippen molar-refractivity contribution in [1.29, 1.82) is 0 Å². The Labute approximate surface area is 55.6 Å². The lowest BCUT2D eigenvalue weighted by Crippen LogP contribution is -2.47. The average Bonchev–Trinajstić information content (AvgIpc) is 2.36. The van der Waals surface area contributed by atoms with Gasteiger partial charge in [0.1, 0.15) is 0 Å². The highest BCUT2D eigenvalue weighted by atomic mass is 16.5. The Hall–Kier alpha value is -0.0800. The van der Waals surface area contributed by atoms with Gasteiger partial charge in [-0.3, -0.25) is 0 Å². The molecule has 0 aromatic rings. The maximum absolute atomic E-state index is 5.04. The minimum absolute atomic E-state index is 0.681. The van der Waals surface area contributed by atoms with Crippen LogP contribution in [0.25, 0.3) is 0 Å². The lowest BCUT2D eigenvalue weighted by atomic mass is 10.2. The molecule has 52 valence electrons. The van der Waals surface area contributed by atoms with Gasteiger partial charge in [0, 0.05) is 6.04 Å². The Bertz CT molecular complexity index is 109. The third-order valence-electron chi connectivity index (χ3n) is 2.20. The zero-order chi connectivity index (χ0) is 6.27. The number of hydrogen-bond donors (Lipinski definition) is 1. The van der Waals surface area contributed by atoms with Crippen molar-refractivity contribution in [2.45, 2.75) is 25.4 Å². The molecule has 0 amide bonds. The molecular formula is C7H13NO. The predicted molar refractivity (Wildman–Crippen MR) is 35.3 cm³/mol. The van der Waals surface area contributed by atoms with Crippen molar-refractivity contribution in [3.8, 4) is 0 Å². The molecule has 9 heavy (non-hydrogen) atoms. The molecule has 2 aliphatic rings. The van der Waals surface area contributed by atoms with Crippen molar-refractivity contribution < 1.29 is 4.74 Å². The molecule has 0 radical (unpaired) electrons. The van der Waals surface area contributed by atoms with E-state index in [2.05, 4.69) is 12.2 Å². The van der Waals surface area contributed by atoms with E-state index in [9.17, 15) is 0 Å². The Morgan fingerprint density at radius 1 is 1.44 bits per heavy atom. The molecule has 0 aromatic carbocycles. The number of nitrogens with one attached hydrogen (secondary N) is 1. The largest absolute Gasteiger partial charge is 0.378 e. The molecule has 0 spiro atoms.